The molecule has 0 spiro atoms. The molecule has 0 fully saturated rings. The molecular weight excluding hydrogens is 360 g/mol. The van der Waals surface area contributed by atoms with Crippen molar-refractivity contribution in [3.05, 3.63) is 0 Å². The van der Waals surface area contributed by atoms with Crippen LogP contribution in [0.4, 0.5) is 26.3 Å². The Labute approximate surface area is 143 Å². The topological polar surface area (TPSA) is 29.1 Å². The van der Waals surface area contributed by atoms with Gasteiger partial charge in [0.15, 0.2) is 0 Å². The van der Waals surface area contributed by atoms with Crippen molar-refractivity contribution >= 4 is 17.5 Å². The highest BCUT2D eigenvalue weighted by Crippen LogP contribution is 2.47. The second-order valence-corrected chi connectivity index (χ2v) is 6.21. The van der Waals surface area contributed by atoms with Gasteiger partial charge in [-0.2, -0.15) is 26.3 Å². The largest absolute Gasteiger partial charge is 0.395 e. The second kappa shape index (κ2) is 10.4. The number of hydrogen-bond donors (Lipinski definition) is 1. The van der Waals surface area contributed by atoms with Gasteiger partial charge in [0, 0.05) is 6.54 Å². The SMILES string of the molecule is CCCCCCCCCCCNC(=O)C(F)(F)C(F)(F)C(F)(F)Cl. The van der Waals surface area contributed by atoms with Gasteiger partial charge in [0.1, 0.15) is 0 Å². The minimum atomic E-state index is -5.97. The highest BCUT2D eigenvalue weighted by molar-refractivity contribution is 6.22. The zero-order valence-electron chi connectivity index (χ0n) is 13.6. The number of carbonyl (C=O) groups is 1. The van der Waals surface area contributed by atoms with Crippen LogP contribution in [0.1, 0.15) is 64.7 Å². The van der Waals surface area contributed by atoms with Crippen LogP contribution in [0.2, 0.25) is 0 Å². The highest BCUT2D eigenvalue weighted by Gasteiger charge is 2.74. The summed E-state index contributed by atoms with van der Waals surface area (Å²) in [5, 5.41) is -3.96. The van der Waals surface area contributed by atoms with E-state index in [1.807, 2.05) is 0 Å². The van der Waals surface area contributed by atoms with E-state index < -0.39 is 23.1 Å². The summed E-state index contributed by atoms with van der Waals surface area (Å²) >= 11 is 3.97. The van der Waals surface area contributed by atoms with Crippen molar-refractivity contribution in [1.29, 1.82) is 0 Å². The van der Waals surface area contributed by atoms with Crippen molar-refractivity contribution in [1.82, 2.24) is 5.32 Å². The van der Waals surface area contributed by atoms with Crippen molar-refractivity contribution in [2.45, 2.75) is 81.9 Å². The lowest BCUT2D eigenvalue weighted by atomic mass is 10.1. The van der Waals surface area contributed by atoms with Crippen molar-refractivity contribution < 1.29 is 31.1 Å². The van der Waals surface area contributed by atoms with Gasteiger partial charge in [-0.25, -0.2) is 0 Å². The highest BCUT2D eigenvalue weighted by atomic mass is 35.5. The zero-order chi connectivity index (χ0) is 18.9. The van der Waals surface area contributed by atoms with Crippen LogP contribution in [0.5, 0.6) is 0 Å². The van der Waals surface area contributed by atoms with Crippen molar-refractivity contribution in [2.75, 3.05) is 6.54 Å². The minimum absolute atomic E-state index is 0.284. The molecule has 0 rings (SSSR count). The predicted molar refractivity (Wildman–Crippen MR) is 80.9 cm³/mol. The lowest BCUT2D eigenvalue weighted by Crippen LogP contribution is -2.59. The molecule has 144 valence electrons. The molecule has 0 heterocycles. The maximum Gasteiger partial charge on any atom is 0.395 e. The molecule has 24 heavy (non-hydrogen) atoms. The Morgan fingerprint density at radius 3 is 1.67 bits per heavy atom. The standard InChI is InChI=1S/C15H24ClF6NO/c1-2-3-4-5-6-7-8-9-10-11-23-12(24)13(17,18)14(19,20)15(16,21)22/h2-11H2,1H3,(H,23,24). The predicted octanol–water partition coefficient (Wildman–Crippen LogP) is 5.74. The van der Waals surface area contributed by atoms with Crippen LogP contribution < -0.4 is 5.32 Å². The van der Waals surface area contributed by atoms with E-state index in [9.17, 15) is 31.1 Å². The molecule has 0 saturated carbocycles. The second-order valence-electron chi connectivity index (χ2n) is 5.73. The monoisotopic (exact) mass is 383 g/mol. The summed E-state index contributed by atoms with van der Waals surface area (Å²) in [6.07, 6.45) is 8.41. The minimum Gasteiger partial charge on any atom is -0.351 e. The third-order valence-corrected chi connectivity index (χ3v) is 3.84. The summed E-state index contributed by atoms with van der Waals surface area (Å²) in [5.74, 6) is -14.0. The average molecular weight is 384 g/mol. The molecule has 0 bridgehead atoms. The molecule has 2 nitrogen and oxygen atoms in total. The van der Waals surface area contributed by atoms with Crippen LogP contribution in [0.3, 0.4) is 0 Å². The summed E-state index contributed by atoms with van der Waals surface area (Å²) in [7, 11) is 0. The molecular formula is C15H24ClF6NO. The maximum atomic E-state index is 13.1. The van der Waals surface area contributed by atoms with Gasteiger partial charge in [-0.3, -0.25) is 4.79 Å². The molecule has 0 aromatic carbocycles. The molecule has 0 aromatic heterocycles. The summed E-state index contributed by atoms with van der Waals surface area (Å²) in [6, 6.07) is 0. The fourth-order valence-corrected chi connectivity index (χ4v) is 2.19. The summed E-state index contributed by atoms with van der Waals surface area (Å²) in [6.45, 7) is 1.83. The zero-order valence-corrected chi connectivity index (χ0v) is 14.4. The summed E-state index contributed by atoms with van der Waals surface area (Å²) < 4.78 is 76.7. The number of rotatable bonds is 13. The quantitative estimate of drug-likeness (QED) is 0.245. The van der Waals surface area contributed by atoms with E-state index in [2.05, 4.69) is 18.5 Å². The number of hydrogen-bond acceptors (Lipinski definition) is 1. The van der Waals surface area contributed by atoms with Gasteiger partial charge in [-0.05, 0) is 18.0 Å². The van der Waals surface area contributed by atoms with Gasteiger partial charge >= 0.3 is 17.2 Å². The first-order valence-electron chi connectivity index (χ1n) is 8.09. The van der Waals surface area contributed by atoms with Crippen molar-refractivity contribution in [3.8, 4) is 0 Å². The van der Waals surface area contributed by atoms with E-state index in [-0.39, 0.29) is 6.54 Å². The van der Waals surface area contributed by atoms with Crippen LogP contribution in [-0.2, 0) is 4.79 Å². The lowest BCUT2D eigenvalue weighted by molar-refractivity contribution is -0.269. The molecule has 0 aliphatic rings. The molecule has 0 aliphatic heterocycles. The Balaban J connectivity index is 3.98. The molecule has 0 unspecified atom stereocenters. The number of nitrogens with one attached hydrogen (secondary N) is 1. The summed E-state index contributed by atoms with van der Waals surface area (Å²) in [5.41, 5.74) is 0. The van der Waals surface area contributed by atoms with Gasteiger partial charge in [0.25, 0.3) is 5.91 Å². The van der Waals surface area contributed by atoms with E-state index in [4.69, 9.17) is 0 Å². The van der Waals surface area contributed by atoms with Crippen LogP contribution in [0.15, 0.2) is 0 Å². The number of halogens is 7. The van der Waals surface area contributed by atoms with Gasteiger partial charge in [-0.15, -0.1) is 0 Å². The van der Waals surface area contributed by atoms with Crippen LogP contribution >= 0.6 is 11.6 Å². The number of carbonyl (C=O) groups excluding carboxylic acids is 1. The van der Waals surface area contributed by atoms with Crippen molar-refractivity contribution in [3.63, 3.8) is 0 Å². The van der Waals surface area contributed by atoms with Gasteiger partial charge in [0.05, 0.1) is 0 Å². The fraction of sp³-hybridized carbons (Fsp3) is 0.933. The van der Waals surface area contributed by atoms with Crippen molar-refractivity contribution in [2.24, 2.45) is 0 Å². The van der Waals surface area contributed by atoms with E-state index >= 15 is 0 Å². The Hall–Kier alpha value is -0.660. The van der Waals surface area contributed by atoms with E-state index in [1.165, 1.54) is 12.8 Å². The first kappa shape index (κ1) is 23.3. The Bertz CT molecular complexity index is 373. The van der Waals surface area contributed by atoms with E-state index in [0.717, 1.165) is 32.1 Å². The molecule has 0 radical (unpaired) electrons. The Morgan fingerprint density at radius 1 is 0.833 bits per heavy atom. The van der Waals surface area contributed by atoms with Crippen LogP contribution in [-0.4, -0.2) is 29.7 Å². The molecule has 0 saturated heterocycles. The van der Waals surface area contributed by atoms with Crippen LogP contribution in [0, 0.1) is 0 Å². The van der Waals surface area contributed by atoms with Crippen LogP contribution in [0.25, 0.3) is 0 Å². The lowest BCUT2D eigenvalue weighted by Gasteiger charge is -2.28. The molecule has 0 aromatic rings. The van der Waals surface area contributed by atoms with E-state index in [0.29, 0.717) is 12.8 Å². The third kappa shape index (κ3) is 7.07. The Kier molecular flexibility index (Phi) is 10.1. The first-order chi connectivity index (χ1) is 11.0. The smallest absolute Gasteiger partial charge is 0.351 e. The van der Waals surface area contributed by atoms with Gasteiger partial charge < -0.3 is 5.32 Å². The molecule has 0 aliphatic carbocycles. The molecule has 0 atom stereocenters. The summed E-state index contributed by atoms with van der Waals surface area (Å²) in [4.78, 5) is 11.1. The number of unbranched alkanes of at least 4 members (excludes halogenated alkanes) is 8. The average Bonchev–Trinajstić information content (AvgIpc) is 2.47. The maximum absolute atomic E-state index is 13.1. The van der Waals surface area contributed by atoms with Gasteiger partial charge in [0.2, 0.25) is 0 Å². The first-order valence-corrected chi connectivity index (χ1v) is 8.47. The molecule has 1 N–H and O–H groups in total. The third-order valence-electron chi connectivity index (χ3n) is 3.60. The normalized spacial score (nSPS) is 13.2. The Morgan fingerprint density at radius 2 is 1.25 bits per heavy atom. The fourth-order valence-electron chi connectivity index (χ4n) is 2.07. The van der Waals surface area contributed by atoms with Gasteiger partial charge in [-0.1, -0.05) is 58.3 Å². The number of amides is 1. The van der Waals surface area contributed by atoms with E-state index in [1.54, 1.807) is 5.32 Å². The number of alkyl halides is 7. The molecule has 1 amide bonds. The molecule has 9 heteroatoms.